The molecule has 1 atom stereocenters. The van der Waals surface area contributed by atoms with Gasteiger partial charge in [0.05, 0.1) is 21.7 Å². The summed E-state index contributed by atoms with van der Waals surface area (Å²) in [6.45, 7) is 2.73. The van der Waals surface area contributed by atoms with Crippen molar-refractivity contribution in [2.24, 2.45) is 11.1 Å². The van der Waals surface area contributed by atoms with Gasteiger partial charge in [0, 0.05) is 12.6 Å². The minimum atomic E-state index is -4.47. The molecule has 1 aliphatic rings. The van der Waals surface area contributed by atoms with Gasteiger partial charge in [-0.2, -0.15) is 13.2 Å². The van der Waals surface area contributed by atoms with Crippen molar-refractivity contribution in [1.29, 1.82) is 0 Å². The molecule has 1 fully saturated rings. The average Bonchev–Trinajstić information content (AvgIpc) is 3.42. The third kappa shape index (κ3) is 5.27. The number of aryl methyl sites for hydroxylation is 1. The maximum atomic E-state index is 13.0. The monoisotopic (exact) mass is 464 g/mol. The second-order valence-corrected chi connectivity index (χ2v) is 9.84. The Morgan fingerprint density at radius 3 is 2.60 bits per heavy atom. The Bertz CT molecular complexity index is 1050. The number of rotatable bonds is 8. The number of alkyl halides is 3. The second-order valence-electron chi connectivity index (χ2n) is 7.34. The molecular weight excluding hydrogens is 441 g/mol. The van der Waals surface area contributed by atoms with Crippen molar-refractivity contribution < 1.29 is 26.4 Å². The van der Waals surface area contributed by atoms with Gasteiger partial charge in [-0.15, -0.1) is 0 Å². The minimum Gasteiger partial charge on any atom is -0.330 e. The van der Waals surface area contributed by atoms with E-state index in [9.17, 15) is 26.4 Å². The third-order valence-corrected chi connectivity index (χ3v) is 6.99. The Hall–Kier alpha value is -1.79. The van der Waals surface area contributed by atoms with E-state index in [0.717, 1.165) is 29.5 Å². The lowest BCUT2D eigenvalue weighted by atomic mass is 10.2. The number of hydrogen-bond acceptors (Lipinski definition) is 5. The molecule has 3 rings (SSSR count). The highest BCUT2D eigenvalue weighted by Gasteiger charge is 2.40. The molecule has 1 saturated carbocycles. The van der Waals surface area contributed by atoms with Crippen molar-refractivity contribution in [2.45, 2.75) is 55.5 Å². The zero-order valence-electron chi connectivity index (χ0n) is 16.5. The molecule has 0 saturated heterocycles. The number of aromatic nitrogens is 2. The Labute approximate surface area is 176 Å². The van der Waals surface area contributed by atoms with Crippen molar-refractivity contribution >= 4 is 38.7 Å². The Morgan fingerprint density at radius 2 is 2.07 bits per heavy atom. The maximum Gasteiger partial charge on any atom is 0.406 e. The van der Waals surface area contributed by atoms with Crippen LogP contribution >= 0.6 is 11.8 Å². The van der Waals surface area contributed by atoms with Crippen LogP contribution in [0.1, 0.15) is 26.7 Å². The van der Waals surface area contributed by atoms with Gasteiger partial charge in [0.1, 0.15) is 6.54 Å². The molecule has 7 nitrogen and oxygen atoms in total. The fourth-order valence-corrected chi connectivity index (χ4v) is 4.87. The fourth-order valence-electron chi connectivity index (χ4n) is 3.38. The zero-order chi connectivity index (χ0) is 22.3. The van der Waals surface area contributed by atoms with Gasteiger partial charge in [0.2, 0.25) is 15.9 Å². The van der Waals surface area contributed by atoms with Gasteiger partial charge in [-0.25, -0.2) is 18.5 Å². The van der Waals surface area contributed by atoms with E-state index in [2.05, 4.69) is 4.98 Å². The van der Waals surface area contributed by atoms with Gasteiger partial charge in [-0.05, 0) is 50.8 Å². The molecule has 12 heteroatoms. The number of thioether (sulfide) groups is 1. The minimum absolute atomic E-state index is 0.0852. The molecule has 2 aromatic rings. The van der Waals surface area contributed by atoms with Gasteiger partial charge < -0.3 is 9.47 Å². The smallest absolute Gasteiger partial charge is 0.330 e. The molecule has 166 valence electrons. The van der Waals surface area contributed by atoms with Gasteiger partial charge >= 0.3 is 6.18 Å². The number of amides is 1. The number of halogens is 3. The number of primary sulfonamides is 1. The number of benzene rings is 1. The van der Waals surface area contributed by atoms with Crippen molar-refractivity contribution in [3.8, 4) is 0 Å². The molecule has 1 unspecified atom stereocenters. The number of fused-ring (bicyclic) bond motifs is 1. The Balaban J connectivity index is 1.81. The molecule has 0 spiro atoms. The van der Waals surface area contributed by atoms with Crippen LogP contribution in [0.15, 0.2) is 28.3 Å². The SMILES string of the molecule is CCn1c(SCC(=O)N(CC(F)(F)F)C(C)C2CC2)nc2cc(S(N)(=O)=O)ccc21. The van der Waals surface area contributed by atoms with E-state index in [1.165, 1.54) is 12.1 Å². The van der Waals surface area contributed by atoms with Crippen LogP contribution in [0, 0.1) is 5.92 Å². The summed E-state index contributed by atoms with van der Waals surface area (Å²) in [5.74, 6) is -0.687. The highest BCUT2D eigenvalue weighted by atomic mass is 32.2. The number of nitrogens with zero attached hydrogens (tertiary/aromatic N) is 3. The molecular formula is C18H23F3N4O3S2. The standard InChI is InChI=1S/C18H23F3N4O3S2/c1-3-24-15-7-6-13(30(22,27)28)8-14(15)23-17(24)29-9-16(26)25(10-18(19,20)21)11(2)12-4-5-12/h6-8,11-12H,3-5,9-10H2,1-2H3,(H2,22,27,28). The van der Waals surface area contributed by atoms with Crippen LogP contribution in [0.3, 0.4) is 0 Å². The largest absolute Gasteiger partial charge is 0.406 e. The number of carbonyl (C=O) groups excluding carboxylic acids is 1. The van der Waals surface area contributed by atoms with Gasteiger partial charge in [0.25, 0.3) is 0 Å². The van der Waals surface area contributed by atoms with Gasteiger partial charge in [0.15, 0.2) is 5.16 Å². The molecule has 1 heterocycles. The van der Waals surface area contributed by atoms with Gasteiger partial charge in [-0.1, -0.05) is 11.8 Å². The number of sulfonamides is 1. The molecule has 0 radical (unpaired) electrons. The van der Waals surface area contributed by atoms with E-state index in [4.69, 9.17) is 5.14 Å². The summed E-state index contributed by atoms with van der Waals surface area (Å²) < 4.78 is 63.9. The van der Waals surface area contributed by atoms with Crippen molar-refractivity contribution in [3.63, 3.8) is 0 Å². The van der Waals surface area contributed by atoms with E-state index in [0.29, 0.717) is 22.7 Å². The molecule has 30 heavy (non-hydrogen) atoms. The molecule has 0 bridgehead atoms. The van der Waals surface area contributed by atoms with E-state index in [-0.39, 0.29) is 16.6 Å². The first-order chi connectivity index (χ1) is 13.9. The van der Waals surface area contributed by atoms with Crippen LogP contribution in [-0.2, 0) is 21.4 Å². The van der Waals surface area contributed by atoms with E-state index in [1.807, 2.05) is 6.92 Å². The normalized spacial score (nSPS) is 16.1. The summed E-state index contributed by atoms with van der Waals surface area (Å²) in [5, 5.41) is 5.58. The predicted molar refractivity (Wildman–Crippen MR) is 107 cm³/mol. The lowest BCUT2D eigenvalue weighted by molar-refractivity contribution is -0.164. The first kappa shape index (κ1) is 22.9. The topological polar surface area (TPSA) is 98.3 Å². The highest BCUT2D eigenvalue weighted by Crippen LogP contribution is 2.36. The average molecular weight is 465 g/mol. The third-order valence-electron chi connectivity index (χ3n) is 5.12. The highest BCUT2D eigenvalue weighted by molar-refractivity contribution is 7.99. The van der Waals surface area contributed by atoms with Crippen LogP contribution in [0.25, 0.3) is 11.0 Å². The van der Waals surface area contributed by atoms with E-state index in [1.54, 1.807) is 17.6 Å². The second kappa shape index (κ2) is 8.39. The summed E-state index contributed by atoms with van der Waals surface area (Å²) in [4.78, 5) is 17.8. The number of hydrogen-bond donors (Lipinski definition) is 1. The maximum absolute atomic E-state index is 13.0. The number of carbonyl (C=O) groups is 1. The predicted octanol–water partition coefficient (Wildman–Crippen LogP) is 2.99. The summed E-state index contributed by atoms with van der Waals surface area (Å²) in [6.07, 6.45) is -2.81. The lowest BCUT2D eigenvalue weighted by Gasteiger charge is -2.30. The molecule has 1 aromatic carbocycles. The van der Waals surface area contributed by atoms with Crippen LogP contribution < -0.4 is 5.14 Å². The van der Waals surface area contributed by atoms with Crippen molar-refractivity contribution in [2.75, 3.05) is 12.3 Å². The Kier molecular flexibility index (Phi) is 6.40. The summed E-state index contributed by atoms with van der Waals surface area (Å²) >= 11 is 1.04. The van der Waals surface area contributed by atoms with Crippen LogP contribution in [0.2, 0.25) is 0 Å². The van der Waals surface area contributed by atoms with Crippen molar-refractivity contribution in [3.05, 3.63) is 18.2 Å². The summed E-state index contributed by atoms with van der Waals surface area (Å²) in [7, 11) is -3.89. The first-order valence-electron chi connectivity index (χ1n) is 9.43. The first-order valence-corrected chi connectivity index (χ1v) is 12.0. The molecule has 0 aliphatic heterocycles. The summed E-state index contributed by atoms with van der Waals surface area (Å²) in [5.41, 5.74) is 1.04. The Morgan fingerprint density at radius 1 is 1.40 bits per heavy atom. The van der Waals surface area contributed by atoms with E-state index >= 15 is 0 Å². The van der Waals surface area contributed by atoms with Crippen LogP contribution in [-0.4, -0.2) is 53.3 Å². The zero-order valence-corrected chi connectivity index (χ0v) is 18.1. The molecule has 1 aromatic heterocycles. The number of nitrogens with two attached hydrogens (primary N) is 1. The van der Waals surface area contributed by atoms with E-state index < -0.39 is 34.7 Å². The lowest BCUT2D eigenvalue weighted by Crippen LogP contribution is -2.46. The van der Waals surface area contributed by atoms with Crippen LogP contribution in [0.4, 0.5) is 13.2 Å². The summed E-state index contributed by atoms with van der Waals surface area (Å²) in [6, 6.07) is 3.81. The van der Waals surface area contributed by atoms with Gasteiger partial charge in [-0.3, -0.25) is 4.79 Å². The molecule has 2 N–H and O–H groups in total. The van der Waals surface area contributed by atoms with Crippen molar-refractivity contribution in [1.82, 2.24) is 14.5 Å². The molecule has 1 aliphatic carbocycles. The quantitative estimate of drug-likeness (QED) is 0.606. The molecule has 1 amide bonds. The fraction of sp³-hybridized carbons (Fsp3) is 0.556. The van der Waals surface area contributed by atoms with Crippen LogP contribution in [0.5, 0.6) is 0 Å². The number of imidazole rings is 1.